The Labute approximate surface area is 379 Å². The molecule has 1 aromatic heterocycles. The van der Waals surface area contributed by atoms with Gasteiger partial charge >= 0.3 is 0 Å². The van der Waals surface area contributed by atoms with Crippen LogP contribution in [0.3, 0.4) is 0 Å². The zero-order chi connectivity index (χ0) is 44.9. The first-order valence-electron chi connectivity index (χ1n) is 25.9. The Balaban J connectivity index is 0.780. The minimum Gasteiger partial charge on any atom is -0.393 e. The summed E-state index contributed by atoms with van der Waals surface area (Å²) in [6.45, 7) is 14.8. The molecule has 0 spiro atoms. The van der Waals surface area contributed by atoms with Gasteiger partial charge in [0, 0.05) is 19.2 Å². The fourth-order valence-electron chi connectivity index (χ4n) is 18.7. The van der Waals surface area contributed by atoms with Crippen molar-refractivity contribution in [2.45, 2.75) is 194 Å². The predicted octanol–water partition coefficient (Wildman–Crippen LogP) is 8.43. The topological polar surface area (TPSA) is 175 Å². The van der Waals surface area contributed by atoms with Gasteiger partial charge in [0.2, 0.25) is 5.91 Å². The van der Waals surface area contributed by atoms with E-state index in [9.17, 15) is 28.5 Å². The summed E-state index contributed by atoms with van der Waals surface area (Å²) in [6, 6.07) is 0.321. The number of nitrogens with one attached hydrogen (secondary N) is 1. The lowest BCUT2D eigenvalue weighted by Crippen LogP contribution is -2.58. The van der Waals surface area contributed by atoms with Crippen LogP contribution >= 0.6 is 0 Å². The van der Waals surface area contributed by atoms with Crippen LogP contribution < -0.4 is 5.32 Å². The van der Waals surface area contributed by atoms with Crippen LogP contribution in [-0.2, 0) is 21.3 Å². The maximum Gasteiger partial charge on any atom is 0.266 e. The highest BCUT2D eigenvalue weighted by Crippen LogP contribution is 2.70. The van der Waals surface area contributed by atoms with E-state index in [1.807, 2.05) is 0 Å². The van der Waals surface area contributed by atoms with Crippen molar-refractivity contribution in [3.8, 4) is 0 Å². The smallest absolute Gasteiger partial charge is 0.266 e. The Morgan fingerprint density at radius 1 is 0.730 bits per heavy atom. The zero-order valence-electron chi connectivity index (χ0n) is 39.6. The monoisotopic (exact) mass is 897 g/mol. The third-order valence-electron chi connectivity index (χ3n) is 22.1. The fourth-order valence-corrected chi connectivity index (χ4v) is 19.1. The van der Waals surface area contributed by atoms with Crippen LogP contribution in [0.5, 0.6) is 0 Å². The summed E-state index contributed by atoms with van der Waals surface area (Å²) in [5, 5.41) is 46.5. The Kier molecular flexibility index (Phi) is 12.7. The first-order valence-corrected chi connectivity index (χ1v) is 27.5. The summed E-state index contributed by atoms with van der Waals surface area (Å²) in [5.41, 5.74) is 2.01. The van der Waals surface area contributed by atoms with Gasteiger partial charge in [0.15, 0.2) is 0 Å². The number of aliphatic hydroxyl groups excluding tert-OH is 3. The molecule has 356 valence electrons. The highest BCUT2D eigenvalue weighted by molar-refractivity contribution is 7.85. The summed E-state index contributed by atoms with van der Waals surface area (Å²) in [5.74, 6) is 5.35. The molecule has 1 amide bonds. The van der Waals surface area contributed by atoms with Gasteiger partial charge in [0.05, 0.1) is 35.8 Å². The van der Waals surface area contributed by atoms with Crippen LogP contribution in [0, 0.1) is 92.7 Å². The van der Waals surface area contributed by atoms with Crippen molar-refractivity contribution in [1.82, 2.24) is 20.3 Å². The average molecular weight is 897 g/mol. The van der Waals surface area contributed by atoms with Crippen LogP contribution in [0.25, 0.3) is 0 Å². The van der Waals surface area contributed by atoms with Crippen LogP contribution in [-0.4, -0.2) is 79.8 Å². The highest BCUT2D eigenvalue weighted by atomic mass is 32.2. The standard InChI is InChI=1S/C51H84N4O7S/c1-30(37-10-12-40-47-42(18-22-50(37,40)5)49(4)20-16-36(56)26-33(49)28-44(47)58)7-9-34-29-55(54-53-34)35-15-19-48(3)32(25-35)27-43(57)46-39-13-11-38(51(39,6)21-17-41(46)48)31(2)8-14-45(59)52-23-24-63(60,61)62/h29-33,35-44,46-47,56-58H,7-28H2,1-6H3,(H,52,59)(H,60,61,62)/t30-,31-,32+,33+,35-,36-,37-,38-,39+,40+,41+,42+,43+,44+,46+,47+,48+,49+,50-,51-/m1/s1. The molecule has 63 heavy (non-hydrogen) atoms. The molecule has 8 fully saturated rings. The van der Waals surface area contributed by atoms with Gasteiger partial charge in [-0.1, -0.05) is 46.8 Å². The summed E-state index contributed by atoms with van der Waals surface area (Å²) in [6.07, 6.45) is 22.3. The predicted molar refractivity (Wildman–Crippen MR) is 244 cm³/mol. The number of nitrogens with zero attached hydrogens (tertiary/aromatic N) is 3. The molecule has 0 aliphatic heterocycles. The Bertz CT molecular complexity index is 1930. The van der Waals surface area contributed by atoms with Gasteiger partial charge in [-0.2, -0.15) is 8.42 Å². The maximum atomic E-state index is 12.5. The van der Waals surface area contributed by atoms with Crippen molar-refractivity contribution < 1.29 is 33.1 Å². The number of carbonyl (C=O) groups excluding carboxylic acids is 1. The van der Waals surface area contributed by atoms with E-state index >= 15 is 0 Å². The van der Waals surface area contributed by atoms with Gasteiger partial charge < -0.3 is 20.6 Å². The van der Waals surface area contributed by atoms with Crippen LogP contribution in [0.1, 0.15) is 175 Å². The van der Waals surface area contributed by atoms with E-state index in [4.69, 9.17) is 14.9 Å². The van der Waals surface area contributed by atoms with Crippen molar-refractivity contribution in [2.75, 3.05) is 12.3 Å². The number of hydrogen-bond acceptors (Lipinski definition) is 8. The minimum absolute atomic E-state index is 0.0693. The van der Waals surface area contributed by atoms with E-state index < -0.39 is 15.9 Å². The lowest BCUT2D eigenvalue weighted by molar-refractivity contribution is -0.174. The molecule has 8 saturated carbocycles. The van der Waals surface area contributed by atoms with Gasteiger partial charge in [0.25, 0.3) is 10.1 Å². The molecule has 12 heteroatoms. The lowest BCUT2D eigenvalue weighted by atomic mass is 9.43. The van der Waals surface area contributed by atoms with Crippen molar-refractivity contribution in [1.29, 1.82) is 0 Å². The molecule has 8 aliphatic rings. The Morgan fingerprint density at radius 3 is 1.84 bits per heavy atom. The largest absolute Gasteiger partial charge is 0.393 e. The van der Waals surface area contributed by atoms with Crippen molar-refractivity contribution >= 4 is 16.0 Å². The first-order chi connectivity index (χ1) is 29.7. The van der Waals surface area contributed by atoms with E-state index in [1.54, 1.807) is 0 Å². The molecule has 0 unspecified atom stereocenters. The molecule has 1 heterocycles. The number of amides is 1. The SMILES string of the molecule is C[C@H](CCc1cn([C@@H]2CC[C@@]3(C)[C@@H](C2)C[C@H](O)[C@@H]2[C@@H]3CC[C@]3(C)[C@@H]([C@H](C)CCC(=O)NCCS(=O)(=O)O)CC[C@@H]23)nn1)[C@H]1CC[C@H]2[C@@H]3[C@@H](O)C[C@@H]4C[C@H](O)CC[C@]4(C)[C@H]3CC[C@]12C. The lowest BCUT2D eigenvalue weighted by Gasteiger charge is -2.62. The summed E-state index contributed by atoms with van der Waals surface area (Å²) in [7, 11) is -4.10. The van der Waals surface area contributed by atoms with E-state index in [2.05, 4.69) is 57.7 Å². The second-order valence-electron chi connectivity index (χ2n) is 24.8. The van der Waals surface area contributed by atoms with Crippen molar-refractivity contribution in [3.05, 3.63) is 11.9 Å². The fraction of sp³-hybridized carbons (Fsp3) is 0.941. The van der Waals surface area contributed by atoms with Crippen LogP contribution in [0.15, 0.2) is 6.20 Å². The van der Waals surface area contributed by atoms with Gasteiger partial charge in [-0.25, -0.2) is 4.68 Å². The van der Waals surface area contributed by atoms with E-state index in [-0.39, 0.29) is 52.4 Å². The van der Waals surface area contributed by atoms with E-state index in [0.717, 1.165) is 95.6 Å². The van der Waals surface area contributed by atoms with Gasteiger partial charge in [-0.3, -0.25) is 9.35 Å². The summed E-state index contributed by atoms with van der Waals surface area (Å²) >= 11 is 0. The Hall–Kier alpha value is -1.60. The quantitative estimate of drug-likeness (QED) is 0.129. The molecule has 0 radical (unpaired) electrons. The number of carbonyl (C=O) groups is 1. The molecule has 5 N–H and O–H groups in total. The number of rotatable bonds is 12. The van der Waals surface area contributed by atoms with Crippen LogP contribution in [0.4, 0.5) is 0 Å². The first kappa shape index (κ1) is 46.5. The summed E-state index contributed by atoms with van der Waals surface area (Å²) < 4.78 is 33.3. The molecular weight excluding hydrogens is 813 g/mol. The molecule has 20 atom stereocenters. The number of aromatic nitrogens is 3. The molecule has 11 nitrogen and oxygen atoms in total. The van der Waals surface area contributed by atoms with Crippen molar-refractivity contribution in [2.24, 2.45) is 92.7 Å². The van der Waals surface area contributed by atoms with Gasteiger partial charge in [-0.15, -0.1) is 5.10 Å². The number of aliphatic hydroxyl groups is 3. The second kappa shape index (κ2) is 17.2. The number of aryl methyl sites for hydroxylation is 1. The van der Waals surface area contributed by atoms with Gasteiger partial charge in [-0.05, 0) is 215 Å². The van der Waals surface area contributed by atoms with Crippen molar-refractivity contribution in [3.63, 3.8) is 0 Å². The number of fused-ring (bicyclic) bond motifs is 10. The second-order valence-corrected chi connectivity index (χ2v) is 26.3. The normalized spacial score (nSPS) is 47.8. The third kappa shape index (κ3) is 8.21. The Morgan fingerprint density at radius 2 is 1.25 bits per heavy atom. The molecular formula is C51H84N4O7S. The highest BCUT2D eigenvalue weighted by Gasteiger charge is 2.65. The molecule has 9 rings (SSSR count). The maximum absolute atomic E-state index is 12.5. The molecule has 0 aromatic carbocycles. The minimum atomic E-state index is -4.10. The van der Waals surface area contributed by atoms with Crippen LogP contribution in [0.2, 0.25) is 0 Å². The molecule has 0 bridgehead atoms. The zero-order valence-corrected chi connectivity index (χ0v) is 40.5. The number of hydrogen-bond donors (Lipinski definition) is 5. The summed E-state index contributed by atoms with van der Waals surface area (Å²) in [4.78, 5) is 12.5. The van der Waals surface area contributed by atoms with E-state index in [1.165, 1.54) is 32.1 Å². The molecule has 8 aliphatic carbocycles. The van der Waals surface area contributed by atoms with E-state index in [0.29, 0.717) is 83.5 Å². The molecule has 0 saturated heterocycles. The average Bonchev–Trinajstić information content (AvgIpc) is 3.94. The van der Waals surface area contributed by atoms with Gasteiger partial charge in [0.1, 0.15) is 0 Å². The molecule has 1 aromatic rings. The third-order valence-corrected chi connectivity index (χ3v) is 22.8.